The molecule has 0 aliphatic carbocycles. The molecule has 0 bridgehead atoms. The minimum Gasteiger partial charge on any atom is -0.495 e. The number of sulfonamides is 1. The molecule has 0 unspecified atom stereocenters. The average molecular weight is 369 g/mol. The molecule has 0 fully saturated rings. The number of hydrogen-bond donors (Lipinski definition) is 1. The van der Waals surface area contributed by atoms with E-state index in [9.17, 15) is 8.42 Å². The molecule has 3 rings (SSSR count). The molecule has 26 heavy (non-hydrogen) atoms. The van der Waals surface area contributed by atoms with Gasteiger partial charge >= 0.3 is 0 Å². The fourth-order valence-corrected chi connectivity index (χ4v) is 3.44. The van der Waals surface area contributed by atoms with Crippen molar-refractivity contribution < 1.29 is 17.9 Å². The van der Waals surface area contributed by atoms with Crippen LogP contribution in [-0.4, -0.2) is 15.5 Å². The van der Waals surface area contributed by atoms with E-state index in [-0.39, 0.29) is 4.90 Å². The molecule has 5 nitrogen and oxygen atoms in total. The zero-order valence-corrected chi connectivity index (χ0v) is 15.3. The number of rotatable bonds is 6. The summed E-state index contributed by atoms with van der Waals surface area (Å²) in [6.45, 7) is 1.90. The van der Waals surface area contributed by atoms with Crippen molar-refractivity contribution in [3.05, 3.63) is 78.4 Å². The maximum atomic E-state index is 12.6. The molecule has 3 aromatic rings. The summed E-state index contributed by atoms with van der Waals surface area (Å²) in [5.41, 5.74) is 1.29. The highest BCUT2D eigenvalue weighted by atomic mass is 32.2. The maximum Gasteiger partial charge on any atom is 0.262 e. The van der Waals surface area contributed by atoms with Crippen LogP contribution in [-0.2, 0) is 10.0 Å². The van der Waals surface area contributed by atoms with Crippen LogP contribution in [0.3, 0.4) is 0 Å². The molecule has 6 heteroatoms. The third-order valence-corrected chi connectivity index (χ3v) is 5.11. The standard InChI is InChI=1S/C20H19NO4S/c1-15-8-11-18(12-9-15)26(22,23)21-19-14-17(10-13-20(19)24-2)25-16-6-4-3-5-7-16/h3-14,21H,1-2H3. The van der Waals surface area contributed by atoms with Crippen LogP contribution in [0, 0.1) is 6.92 Å². The molecular formula is C20H19NO4S. The summed E-state index contributed by atoms with van der Waals surface area (Å²) < 4.78 is 38.9. The van der Waals surface area contributed by atoms with Crippen LogP contribution in [0.1, 0.15) is 5.56 Å². The topological polar surface area (TPSA) is 64.6 Å². The van der Waals surface area contributed by atoms with E-state index < -0.39 is 10.0 Å². The van der Waals surface area contributed by atoms with Gasteiger partial charge in [-0.3, -0.25) is 4.72 Å². The number of anilines is 1. The van der Waals surface area contributed by atoms with Crippen molar-refractivity contribution in [2.45, 2.75) is 11.8 Å². The van der Waals surface area contributed by atoms with Crippen molar-refractivity contribution in [1.29, 1.82) is 0 Å². The van der Waals surface area contributed by atoms with E-state index in [4.69, 9.17) is 9.47 Å². The van der Waals surface area contributed by atoms with Crippen molar-refractivity contribution in [1.82, 2.24) is 0 Å². The smallest absolute Gasteiger partial charge is 0.262 e. The van der Waals surface area contributed by atoms with Gasteiger partial charge in [-0.05, 0) is 43.3 Å². The number of nitrogens with one attached hydrogen (secondary N) is 1. The second-order valence-electron chi connectivity index (χ2n) is 5.70. The van der Waals surface area contributed by atoms with Gasteiger partial charge < -0.3 is 9.47 Å². The first-order valence-corrected chi connectivity index (χ1v) is 9.47. The summed E-state index contributed by atoms with van der Waals surface area (Å²) in [4.78, 5) is 0.180. The Labute approximate surface area is 153 Å². The van der Waals surface area contributed by atoms with Crippen molar-refractivity contribution in [2.24, 2.45) is 0 Å². The van der Waals surface area contributed by atoms with Gasteiger partial charge in [-0.25, -0.2) is 8.42 Å². The lowest BCUT2D eigenvalue weighted by Crippen LogP contribution is -2.13. The molecule has 0 spiro atoms. The van der Waals surface area contributed by atoms with Crippen molar-refractivity contribution in [2.75, 3.05) is 11.8 Å². The van der Waals surface area contributed by atoms with E-state index in [0.29, 0.717) is 22.9 Å². The molecular weight excluding hydrogens is 350 g/mol. The SMILES string of the molecule is COc1ccc(Oc2ccccc2)cc1NS(=O)(=O)c1ccc(C)cc1. The molecule has 0 saturated heterocycles. The molecule has 0 amide bonds. The summed E-state index contributed by atoms with van der Waals surface area (Å²) in [6.07, 6.45) is 0. The highest BCUT2D eigenvalue weighted by Crippen LogP contribution is 2.33. The van der Waals surface area contributed by atoms with Gasteiger partial charge in [-0.15, -0.1) is 0 Å². The van der Waals surface area contributed by atoms with Crippen molar-refractivity contribution >= 4 is 15.7 Å². The van der Waals surface area contributed by atoms with Crippen LogP contribution < -0.4 is 14.2 Å². The van der Waals surface area contributed by atoms with Gasteiger partial charge in [-0.2, -0.15) is 0 Å². The summed E-state index contributed by atoms with van der Waals surface area (Å²) in [5, 5.41) is 0. The summed E-state index contributed by atoms with van der Waals surface area (Å²) >= 11 is 0. The molecule has 1 N–H and O–H groups in total. The zero-order chi connectivity index (χ0) is 18.6. The Bertz CT molecular complexity index is 984. The molecule has 0 saturated carbocycles. The van der Waals surface area contributed by atoms with Crippen LogP contribution in [0.2, 0.25) is 0 Å². The molecule has 0 aliphatic rings. The first-order chi connectivity index (χ1) is 12.5. The van der Waals surface area contributed by atoms with E-state index >= 15 is 0 Å². The number of hydrogen-bond acceptors (Lipinski definition) is 4. The Balaban J connectivity index is 1.90. The lowest BCUT2D eigenvalue weighted by molar-refractivity contribution is 0.415. The van der Waals surface area contributed by atoms with Crippen LogP contribution in [0.15, 0.2) is 77.7 Å². The minimum atomic E-state index is -3.74. The second-order valence-corrected chi connectivity index (χ2v) is 7.38. The highest BCUT2D eigenvalue weighted by molar-refractivity contribution is 7.92. The molecule has 134 valence electrons. The van der Waals surface area contributed by atoms with Crippen LogP contribution in [0.5, 0.6) is 17.2 Å². The molecule has 0 radical (unpaired) electrons. The van der Waals surface area contributed by atoms with E-state index in [1.54, 1.807) is 42.5 Å². The first kappa shape index (κ1) is 17.8. The number of methoxy groups -OCH3 is 1. The molecule has 0 aliphatic heterocycles. The summed E-state index contributed by atoms with van der Waals surface area (Å²) in [5.74, 6) is 1.56. The quantitative estimate of drug-likeness (QED) is 0.690. The van der Waals surface area contributed by atoms with Gasteiger partial charge in [0.25, 0.3) is 10.0 Å². The molecule has 3 aromatic carbocycles. The van der Waals surface area contributed by atoms with Crippen LogP contribution >= 0.6 is 0 Å². The minimum absolute atomic E-state index is 0.180. The van der Waals surface area contributed by atoms with Gasteiger partial charge in [0.1, 0.15) is 17.2 Å². The Hall–Kier alpha value is -2.99. The lowest BCUT2D eigenvalue weighted by Gasteiger charge is -2.14. The number of ether oxygens (including phenoxy) is 2. The van der Waals surface area contributed by atoms with Gasteiger partial charge in [0.05, 0.1) is 17.7 Å². The summed E-state index contributed by atoms with van der Waals surface area (Å²) in [7, 11) is -2.25. The third kappa shape index (κ3) is 4.15. The Kier molecular flexibility index (Phi) is 5.14. The summed E-state index contributed by atoms with van der Waals surface area (Å²) in [6, 6.07) is 20.9. The average Bonchev–Trinajstić information content (AvgIpc) is 2.63. The molecule has 0 aromatic heterocycles. The predicted molar refractivity (Wildman–Crippen MR) is 101 cm³/mol. The van der Waals surface area contributed by atoms with Crippen molar-refractivity contribution in [3.63, 3.8) is 0 Å². The second kappa shape index (κ2) is 7.49. The lowest BCUT2D eigenvalue weighted by atomic mass is 10.2. The highest BCUT2D eigenvalue weighted by Gasteiger charge is 2.17. The fraction of sp³-hybridized carbons (Fsp3) is 0.100. The van der Waals surface area contributed by atoms with Gasteiger partial charge in [0, 0.05) is 6.07 Å². The van der Waals surface area contributed by atoms with E-state index in [1.807, 2.05) is 37.3 Å². The van der Waals surface area contributed by atoms with Crippen LogP contribution in [0.4, 0.5) is 5.69 Å². The van der Waals surface area contributed by atoms with Crippen molar-refractivity contribution in [3.8, 4) is 17.2 Å². The largest absolute Gasteiger partial charge is 0.495 e. The third-order valence-electron chi connectivity index (χ3n) is 3.73. The van der Waals surface area contributed by atoms with Gasteiger partial charge in [0.2, 0.25) is 0 Å². The molecule has 0 heterocycles. The number of benzene rings is 3. The van der Waals surface area contributed by atoms with Crippen LogP contribution in [0.25, 0.3) is 0 Å². The van der Waals surface area contributed by atoms with E-state index in [0.717, 1.165) is 5.56 Å². The van der Waals surface area contributed by atoms with E-state index in [2.05, 4.69) is 4.72 Å². The Morgan fingerprint density at radius 3 is 2.19 bits per heavy atom. The van der Waals surface area contributed by atoms with E-state index in [1.165, 1.54) is 7.11 Å². The fourth-order valence-electron chi connectivity index (χ4n) is 2.38. The number of para-hydroxylation sites is 1. The Morgan fingerprint density at radius 1 is 0.846 bits per heavy atom. The molecule has 0 atom stereocenters. The number of aryl methyl sites for hydroxylation is 1. The zero-order valence-electron chi connectivity index (χ0n) is 14.5. The van der Waals surface area contributed by atoms with Gasteiger partial charge in [0.15, 0.2) is 0 Å². The normalized spacial score (nSPS) is 11.0. The predicted octanol–water partition coefficient (Wildman–Crippen LogP) is 4.60. The monoisotopic (exact) mass is 369 g/mol. The maximum absolute atomic E-state index is 12.6. The Morgan fingerprint density at radius 2 is 1.54 bits per heavy atom. The van der Waals surface area contributed by atoms with Gasteiger partial charge in [-0.1, -0.05) is 35.9 Å². The first-order valence-electron chi connectivity index (χ1n) is 7.98.